The highest BCUT2D eigenvalue weighted by Gasteiger charge is 2.58. The summed E-state index contributed by atoms with van der Waals surface area (Å²) >= 11 is 11.9. The Balaban J connectivity index is 2.28. The molecule has 2 atom stereocenters. The number of amides is 3. The molecule has 0 saturated carbocycles. The first kappa shape index (κ1) is 21.6. The first-order valence-electron chi connectivity index (χ1n) is 7.98. The predicted molar refractivity (Wildman–Crippen MR) is 94.8 cm³/mol. The highest BCUT2D eigenvalue weighted by molar-refractivity contribution is 6.42. The van der Waals surface area contributed by atoms with Crippen LogP contribution in [0.2, 0.25) is 10.0 Å². The first-order valence-corrected chi connectivity index (χ1v) is 8.74. The van der Waals surface area contributed by atoms with E-state index in [1.54, 1.807) is 23.1 Å². The number of nitrogens with zero attached hydrogens (tertiary/aromatic N) is 2. The zero-order valence-corrected chi connectivity index (χ0v) is 15.8. The number of halogens is 5. The molecule has 11 heteroatoms. The summed E-state index contributed by atoms with van der Waals surface area (Å²) in [6, 6.07) is 2.51. The van der Waals surface area contributed by atoms with E-state index in [4.69, 9.17) is 28.9 Å². The van der Waals surface area contributed by atoms with Gasteiger partial charge in [-0.1, -0.05) is 23.2 Å². The fourth-order valence-corrected chi connectivity index (χ4v) is 3.18. The summed E-state index contributed by atoms with van der Waals surface area (Å²) in [6.45, 7) is 0.871. The van der Waals surface area contributed by atoms with E-state index in [1.807, 2.05) is 0 Å². The normalized spacial score (nSPS) is 20.1. The van der Waals surface area contributed by atoms with Crippen molar-refractivity contribution >= 4 is 40.8 Å². The number of aliphatic hydroxyl groups is 1. The van der Waals surface area contributed by atoms with Gasteiger partial charge < -0.3 is 15.7 Å². The van der Waals surface area contributed by atoms with Gasteiger partial charge in [0.05, 0.1) is 16.1 Å². The van der Waals surface area contributed by atoms with Crippen LogP contribution in [-0.4, -0.2) is 52.9 Å². The molecule has 0 radical (unpaired) electrons. The minimum Gasteiger partial charge on any atom is -0.373 e. The number of hydrogen-bond acceptors (Lipinski definition) is 4. The number of carbonyl (C=O) groups is 2. The minimum atomic E-state index is -5.25. The standard InChI is InChI=1S/C16H18Cl2F3N3O3/c1-15(27,16(19,20)21)13(25)24(14(22)26)10-3-2-6-23(8-10)9-4-5-11(17)12(18)7-9/h4-5,7,10,27H,2-3,6,8H2,1H3,(H2,22,26). The van der Waals surface area contributed by atoms with Gasteiger partial charge in [-0.2, -0.15) is 13.2 Å². The minimum absolute atomic E-state index is 0.0422. The zero-order chi connectivity index (χ0) is 20.6. The lowest BCUT2D eigenvalue weighted by molar-refractivity contribution is -0.249. The molecule has 1 aliphatic rings. The molecule has 1 heterocycles. The lowest BCUT2D eigenvalue weighted by Gasteiger charge is -2.40. The molecule has 1 aromatic rings. The van der Waals surface area contributed by atoms with E-state index in [1.165, 1.54) is 0 Å². The highest BCUT2D eigenvalue weighted by Crippen LogP contribution is 2.34. The monoisotopic (exact) mass is 427 g/mol. The van der Waals surface area contributed by atoms with Crippen molar-refractivity contribution in [1.29, 1.82) is 0 Å². The number of primary amides is 1. The highest BCUT2D eigenvalue weighted by atomic mass is 35.5. The van der Waals surface area contributed by atoms with Crippen LogP contribution in [0.5, 0.6) is 0 Å². The number of nitrogens with two attached hydrogens (primary N) is 1. The van der Waals surface area contributed by atoms with Crippen LogP contribution < -0.4 is 10.6 Å². The quantitative estimate of drug-likeness (QED) is 0.775. The molecular formula is C16H18Cl2F3N3O3. The van der Waals surface area contributed by atoms with Gasteiger partial charge in [-0.3, -0.25) is 9.69 Å². The summed E-state index contributed by atoms with van der Waals surface area (Å²) in [5, 5.41) is 10.3. The molecule has 1 aromatic carbocycles. The number of rotatable bonds is 3. The van der Waals surface area contributed by atoms with E-state index >= 15 is 0 Å². The van der Waals surface area contributed by atoms with E-state index in [0.29, 0.717) is 35.6 Å². The molecule has 0 bridgehead atoms. The van der Waals surface area contributed by atoms with Crippen molar-refractivity contribution in [2.75, 3.05) is 18.0 Å². The molecule has 27 heavy (non-hydrogen) atoms. The van der Waals surface area contributed by atoms with Gasteiger partial charge >= 0.3 is 12.2 Å². The number of anilines is 1. The maximum atomic E-state index is 13.0. The largest absolute Gasteiger partial charge is 0.426 e. The van der Waals surface area contributed by atoms with E-state index in [2.05, 4.69) is 0 Å². The predicted octanol–water partition coefficient (Wildman–Crippen LogP) is 3.18. The second-order valence-corrected chi connectivity index (χ2v) is 7.24. The number of hydrogen-bond donors (Lipinski definition) is 2. The third-order valence-electron chi connectivity index (χ3n) is 4.45. The van der Waals surface area contributed by atoms with Crippen LogP contribution in [0, 0.1) is 0 Å². The third kappa shape index (κ3) is 4.41. The summed E-state index contributed by atoms with van der Waals surface area (Å²) in [4.78, 5) is 26.1. The Hall–Kier alpha value is -1.71. The smallest absolute Gasteiger partial charge is 0.373 e. The van der Waals surface area contributed by atoms with E-state index in [-0.39, 0.29) is 17.9 Å². The van der Waals surface area contributed by atoms with Gasteiger partial charge in [0.1, 0.15) is 0 Å². The Morgan fingerprint density at radius 1 is 1.30 bits per heavy atom. The van der Waals surface area contributed by atoms with E-state index in [0.717, 1.165) is 0 Å². The SMILES string of the molecule is CC(O)(C(=O)N(C(N)=O)C1CCCN(c2ccc(Cl)c(Cl)c2)C1)C(F)(F)F. The Labute approximate surface area is 163 Å². The molecular weight excluding hydrogens is 410 g/mol. The molecule has 1 saturated heterocycles. The van der Waals surface area contributed by atoms with Crippen LogP contribution in [0.25, 0.3) is 0 Å². The van der Waals surface area contributed by atoms with Gasteiger partial charge in [0.15, 0.2) is 0 Å². The molecule has 3 N–H and O–H groups in total. The van der Waals surface area contributed by atoms with Crippen molar-refractivity contribution in [3.63, 3.8) is 0 Å². The summed E-state index contributed by atoms with van der Waals surface area (Å²) in [6.07, 6.45) is -4.52. The van der Waals surface area contributed by atoms with Crippen molar-refractivity contribution in [2.24, 2.45) is 5.73 Å². The zero-order valence-electron chi connectivity index (χ0n) is 14.3. The van der Waals surface area contributed by atoms with Gasteiger partial charge in [0.2, 0.25) is 5.60 Å². The fraction of sp³-hybridized carbons (Fsp3) is 0.500. The second-order valence-electron chi connectivity index (χ2n) is 6.42. The van der Waals surface area contributed by atoms with Crippen LogP contribution in [0.3, 0.4) is 0 Å². The molecule has 0 aliphatic carbocycles. The maximum Gasteiger partial charge on any atom is 0.426 e. The Bertz CT molecular complexity index is 743. The number of urea groups is 1. The average molecular weight is 428 g/mol. The van der Waals surface area contributed by atoms with Crippen LogP contribution in [-0.2, 0) is 4.79 Å². The van der Waals surface area contributed by atoms with Gasteiger partial charge in [-0.05, 0) is 38.0 Å². The lowest BCUT2D eigenvalue weighted by Crippen LogP contribution is -2.63. The summed E-state index contributed by atoms with van der Waals surface area (Å²) in [5.41, 5.74) is 2.07. The molecule has 1 fully saturated rings. The number of alkyl halides is 3. The van der Waals surface area contributed by atoms with Crippen LogP contribution in [0.15, 0.2) is 18.2 Å². The van der Waals surface area contributed by atoms with E-state index in [9.17, 15) is 27.9 Å². The molecule has 0 aromatic heterocycles. The Kier molecular flexibility index (Phi) is 6.18. The number of piperidine rings is 1. The molecule has 0 spiro atoms. The van der Waals surface area contributed by atoms with Crippen molar-refractivity contribution in [1.82, 2.24) is 4.90 Å². The van der Waals surface area contributed by atoms with Gasteiger partial charge in [0.25, 0.3) is 5.91 Å². The van der Waals surface area contributed by atoms with Crippen LogP contribution in [0.1, 0.15) is 19.8 Å². The van der Waals surface area contributed by atoms with Crippen molar-refractivity contribution < 1.29 is 27.9 Å². The van der Waals surface area contributed by atoms with Gasteiger partial charge in [-0.15, -0.1) is 0 Å². The van der Waals surface area contributed by atoms with Crippen LogP contribution in [0.4, 0.5) is 23.7 Å². The Morgan fingerprint density at radius 2 is 1.93 bits per heavy atom. The summed E-state index contributed by atoms with van der Waals surface area (Å²) < 4.78 is 39.0. The molecule has 6 nitrogen and oxygen atoms in total. The molecule has 2 unspecified atom stereocenters. The van der Waals surface area contributed by atoms with Crippen molar-refractivity contribution in [3.05, 3.63) is 28.2 Å². The molecule has 2 rings (SSSR count). The second kappa shape index (κ2) is 7.73. The molecule has 3 amide bonds. The summed E-state index contributed by atoms with van der Waals surface area (Å²) in [5.74, 6) is -1.80. The number of imide groups is 1. The molecule has 150 valence electrons. The van der Waals surface area contributed by atoms with Crippen LogP contribution >= 0.6 is 23.2 Å². The van der Waals surface area contributed by atoms with Gasteiger partial charge in [-0.25, -0.2) is 4.79 Å². The third-order valence-corrected chi connectivity index (χ3v) is 5.19. The average Bonchev–Trinajstić information content (AvgIpc) is 2.56. The first-order chi connectivity index (χ1) is 12.4. The number of benzene rings is 1. The Morgan fingerprint density at radius 3 is 2.44 bits per heavy atom. The van der Waals surface area contributed by atoms with Crippen molar-refractivity contribution in [3.8, 4) is 0 Å². The maximum absolute atomic E-state index is 13.0. The molecule has 1 aliphatic heterocycles. The number of carbonyl (C=O) groups excluding carboxylic acids is 2. The fourth-order valence-electron chi connectivity index (χ4n) is 2.88. The van der Waals surface area contributed by atoms with E-state index < -0.39 is 29.8 Å². The topological polar surface area (TPSA) is 86.9 Å². The van der Waals surface area contributed by atoms with Crippen molar-refractivity contribution in [2.45, 2.75) is 37.6 Å². The lowest BCUT2D eigenvalue weighted by atomic mass is 9.99. The summed E-state index contributed by atoms with van der Waals surface area (Å²) in [7, 11) is 0. The van der Waals surface area contributed by atoms with Gasteiger partial charge in [0, 0.05) is 18.8 Å².